The summed E-state index contributed by atoms with van der Waals surface area (Å²) in [5.74, 6) is 1.95. The van der Waals surface area contributed by atoms with Crippen LogP contribution < -0.4 is 5.32 Å². The van der Waals surface area contributed by atoms with Crippen LogP contribution in [0.5, 0.6) is 0 Å². The number of aryl methyl sites for hydroxylation is 2. The van der Waals surface area contributed by atoms with Gasteiger partial charge in [-0.2, -0.15) is 0 Å². The monoisotopic (exact) mass is 475 g/mol. The van der Waals surface area contributed by atoms with Gasteiger partial charge in [0, 0.05) is 21.7 Å². The van der Waals surface area contributed by atoms with E-state index in [1.165, 1.54) is 12.0 Å². The normalized spacial score (nSPS) is 14.7. The van der Waals surface area contributed by atoms with E-state index >= 15 is 0 Å². The summed E-state index contributed by atoms with van der Waals surface area (Å²) in [6.07, 6.45) is 1.76. The van der Waals surface area contributed by atoms with Crippen LogP contribution >= 0.6 is 11.3 Å². The maximum absolute atomic E-state index is 12.2. The number of benzene rings is 1. The molecule has 9 heteroatoms. The molecule has 0 unspecified atom stereocenters. The Hall–Kier alpha value is -3.72. The Morgan fingerprint density at radius 3 is 2.68 bits per heavy atom. The van der Waals surface area contributed by atoms with Crippen molar-refractivity contribution < 1.29 is 13.9 Å². The van der Waals surface area contributed by atoms with Gasteiger partial charge in [-0.1, -0.05) is 12.1 Å². The number of nitrogens with zero attached hydrogens (tertiary/aromatic N) is 4. The minimum absolute atomic E-state index is 0.0912. The zero-order valence-corrected chi connectivity index (χ0v) is 20.3. The van der Waals surface area contributed by atoms with E-state index in [-0.39, 0.29) is 12.4 Å². The minimum atomic E-state index is -0.500. The molecule has 1 aliphatic heterocycles. The molecule has 0 saturated heterocycles. The Balaban J connectivity index is 1.58. The van der Waals surface area contributed by atoms with Crippen molar-refractivity contribution in [2.24, 2.45) is 4.99 Å². The van der Waals surface area contributed by atoms with E-state index in [9.17, 15) is 4.79 Å². The molecule has 0 aliphatic carbocycles. The highest BCUT2D eigenvalue weighted by Crippen LogP contribution is 2.39. The minimum Gasteiger partial charge on any atom is -0.469 e. The number of ether oxygens (including phenoxy) is 1. The molecule has 34 heavy (non-hydrogen) atoms. The molecule has 0 spiro atoms. The van der Waals surface area contributed by atoms with E-state index in [4.69, 9.17) is 14.1 Å². The van der Waals surface area contributed by atoms with Gasteiger partial charge in [-0.05, 0) is 50.6 Å². The number of hydrogen-bond donors (Lipinski definition) is 1. The maximum atomic E-state index is 12.2. The molecule has 0 fully saturated rings. The van der Waals surface area contributed by atoms with Crippen LogP contribution in [0.25, 0.3) is 5.00 Å². The topological polar surface area (TPSA) is 94.5 Å². The van der Waals surface area contributed by atoms with Crippen molar-refractivity contribution in [1.82, 2.24) is 14.8 Å². The summed E-state index contributed by atoms with van der Waals surface area (Å²) in [6, 6.07) is 11.5. The van der Waals surface area contributed by atoms with Crippen molar-refractivity contribution in [2.75, 3.05) is 12.4 Å². The number of methoxy groups -OCH3 is 1. The van der Waals surface area contributed by atoms with Crippen LogP contribution in [0.4, 0.5) is 5.69 Å². The molecule has 0 bridgehead atoms. The molecule has 0 amide bonds. The van der Waals surface area contributed by atoms with Gasteiger partial charge < -0.3 is 14.5 Å². The average molecular weight is 476 g/mol. The van der Waals surface area contributed by atoms with Crippen molar-refractivity contribution in [1.29, 1.82) is 0 Å². The van der Waals surface area contributed by atoms with Crippen molar-refractivity contribution >= 4 is 28.7 Å². The standard InChI is InChI=1S/C25H25N5O3S/c1-14-15(2)34-25-22(14)23(17-7-9-18(10-8-17)26-13-19-6-5-11-33-19)27-20(12-21(31)32-4)24-29-28-16(3)30(24)25/h5-11,20,26H,12-13H2,1-4H3/t20-/m0/s1. The predicted octanol–water partition coefficient (Wildman–Crippen LogP) is 4.91. The van der Waals surface area contributed by atoms with Crippen LogP contribution in [0.15, 0.2) is 52.1 Å². The van der Waals surface area contributed by atoms with Crippen LogP contribution in [0, 0.1) is 20.8 Å². The summed E-state index contributed by atoms with van der Waals surface area (Å²) >= 11 is 1.69. The molecule has 1 aliphatic rings. The van der Waals surface area contributed by atoms with Crippen LogP contribution in [-0.4, -0.2) is 33.6 Å². The molecule has 0 radical (unpaired) electrons. The second-order valence-electron chi connectivity index (χ2n) is 8.19. The quantitative estimate of drug-likeness (QED) is 0.398. The first kappa shape index (κ1) is 22.1. The number of carbonyl (C=O) groups is 1. The lowest BCUT2D eigenvalue weighted by Crippen LogP contribution is -2.12. The Morgan fingerprint density at radius 1 is 1.18 bits per heavy atom. The fourth-order valence-electron chi connectivity index (χ4n) is 4.11. The average Bonchev–Trinajstić information content (AvgIpc) is 3.54. The second kappa shape index (κ2) is 8.90. The highest BCUT2D eigenvalue weighted by atomic mass is 32.1. The lowest BCUT2D eigenvalue weighted by molar-refractivity contribution is -0.141. The summed E-state index contributed by atoms with van der Waals surface area (Å²) in [5.41, 5.74) is 5.00. The van der Waals surface area contributed by atoms with Crippen molar-refractivity contribution in [3.8, 4) is 5.00 Å². The number of hydrogen-bond acceptors (Lipinski definition) is 8. The highest BCUT2D eigenvalue weighted by molar-refractivity contribution is 7.15. The molecule has 1 atom stereocenters. The number of fused-ring (bicyclic) bond motifs is 3. The van der Waals surface area contributed by atoms with E-state index in [1.807, 2.05) is 47.9 Å². The van der Waals surface area contributed by atoms with Crippen molar-refractivity contribution in [3.63, 3.8) is 0 Å². The van der Waals surface area contributed by atoms with Gasteiger partial charge in [-0.3, -0.25) is 14.4 Å². The zero-order valence-electron chi connectivity index (χ0n) is 19.5. The first-order chi connectivity index (χ1) is 16.5. The molecular formula is C25H25N5O3S. The lowest BCUT2D eigenvalue weighted by Gasteiger charge is -2.12. The second-order valence-corrected chi connectivity index (χ2v) is 9.39. The molecule has 1 aromatic carbocycles. The summed E-state index contributed by atoms with van der Waals surface area (Å²) in [6.45, 7) is 6.75. The molecule has 0 saturated carbocycles. The Bertz CT molecular complexity index is 1370. The summed E-state index contributed by atoms with van der Waals surface area (Å²) in [7, 11) is 1.39. The van der Waals surface area contributed by atoms with E-state index < -0.39 is 6.04 Å². The molecule has 1 N–H and O–H groups in total. The summed E-state index contributed by atoms with van der Waals surface area (Å²) in [5, 5.41) is 13.1. The number of rotatable bonds is 6. The fourth-order valence-corrected chi connectivity index (χ4v) is 5.33. The molecule has 174 valence electrons. The van der Waals surface area contributed by atoms with Gasteiger partial charge >= 0.3 is 5.97 Å². The molecular weight excluding hydrogens is 450 g/mol. The van der Waals surface area contributed by atoms with E-state index in [1.54, 1.807) is 17.6 Å². The number of anilines is 1. The summed E-state index contributed by atoms with van der Waals surface area (Å²) in [4.78, 5) is 18.5. The maximum Gasteiger partial charge on any atom is 0.308 e. The van der Waals surface area contributed by atoms with Gasteiger partial charge in [-0.25, -0.2) is 0 Å². The van der Waals surface area contributed by atoms with Gasteiger partial charge in [0.2, 0.25) is 0 Å². The van der Waals surface area contributed by atoms with Crippen LogP contribution in [0.1, 0.15) is 51.4 Å². The van der Waals surface area contributed by atoms with Gasteiger partial charge in [0.1, 0.15) is 22.6 Å². The first-order valence-corrected chi connectivity index (χ1v) is 11.8. The SMILES string of the molecule is COC(=O)C[C@@H]1N=C(c2ccc(NCc3ccco3)cc2)c2c(sc(C)c2C)-n2c(C)nnc21. The largest absolute Gasteiger partial charge is 0.469 e. The lowest BCUT2D eigenvalue weighted by atomic mass is 9.99. The Labute approximate surface area is 201 Å². The smallest absolute Gasteiger partial charge is 0.308 e. The first-order valence-electron chi connectivity index (χ1n) is 11.0. The number of carbonyl (C=O) groups excluding carboxylic acids is 1. The van der Waals surface area contributed by atoms with Crippen LogP contribution in [0.3, 0.4) is 0 Å². The van der Waals surface area contributed by atoms with Crippen LogP contribution in [-0.2, 0) is 16.1 Å². The number of esters is 1. The van der Waals surface area contributed by atoms with Crippen molar-refractivity contribution in [2.45, 2.75) is 39.8 Å². The molecule has 4 heterocycles. The number of furan rings is 1. The Kier molecular flexibility index (Phi) is 5.79. The third-order valence-corrected chi connectivity index (χ3v) is 7.22. The zero-order chi connectivity index (χ0) is 23.8. The fraction of sp³-hybridized carbons (Fsp3) is 0.280. The molecule has 5 rings (SSSR count). The predicted molar refractivity (Wildman–Crippen MR) is 131 cm³/mol. The number of nitrogens with one attached hydrogen (secondary N) is 1. The van der Waals surface area contributed by atoms with Gasteiger partial charge in [0.25, 0.3) is 0 Å². The van der Waals surface area contributed by atoms with E-state index in [0.717, 1.165) is 44.7 Å². The van der Waals surface area contributed by atoms with Gasteiger partial charge in [0.15, 0.2) is 5.82 Å². The number of thiophene rings is 1. The van der Waals surface area contributed by atoms with E-state index in [2.05, 4.69) is 29.4 Å². The van der Waals surface area contributed by atoms with Gasteiger partial charge in [-0.15, -0.1) is 21.5 Å². The highest BCUT2D eigenvalue weighted by Gasteiger charge is 2.32. The third-order valence-electron chi connectivity index (χ3n) is 6.03. The molecule has 8 nitrogen and oxygen atoms in total. The van der Waals surface area contributed by atoms with Gasteiger partial charge in [0.05, 0.1) is 32.1 Å². The third kappa shape index (κ3) is 3.92. The number of aliphatic imine (C=N–C) groups is 1. The van der Waals surface area contributed by atoms with Crippen LogP contribution in [0.2, 0.25) is 0 Å². The summed E-state index contributed by atoms with van der Waals surface area (Å²) < 4.78 is 12.4. The van der Waals surface area contributed by atoms with E-state index in [0.29, 0.717) is 12.4 Å². The Morgan fingerprint density at radius 2 is 1.97 bits per heavy atom. The number of aromatic nitrogens is 3. The molecule has 3 aromatic heterocycles. The molecule has 4 aromatic rings. The van der Waals surface area contributed by atoms with Crippen molar-refractivity contribution in [3.05, 3.63) is 81.6 Å².